The number of hydrogen-bond donors (Lipinski definition) is 0. The summed E-state index contributed by atoms with van der Waals surface area (Å²) < 4.78 is 11.2. The van der Waals surface area contributed by atoms with E-state index in [1.807, 2.05) is 54.6 Å². The van der Waals surface area contributed by atoms with Gasteiger partial charge in [-0.25, -0.2) is 9.79 Å². The van der Waals surface area contributed by atoms with E-state index < -0.39 is 5.97 Å². The Morgan fingerprint density at radius 2 is 1.69 bits per heavy atom. The Morgan fingerprint density at radius 1 is 0.931 bits per heavy atom. The topological polar surface area (TPSA) is 47.9 Å². The third kappa shape index (κ3) is 4.50. The number of cyclic esters (lactones) is 1. The van der Waals surface area contributed by atoms with Crippen LogP contribution < -0.4 is 4.74 Å². The van der Waals surface area contributed by atoms with E-state index in [2.05, 4.69) is 4.99 Å². The fourth-order valence-corrected chi connectivity index (χ4v) is 3.07. The molecule has 0 N–H and O–H groups in total. The maximum Gasteiger partial charge on any atom is 0.363 e. The van der Waals surface area contributed by atoms with Crippen LogP contribution in [-0.2, 0) is 16.1 Å². The Labute approximate surface area is 178 Å². The van der Waals surface area contributed by atoms with Gasteiger partial charge in [-0.3, -0.25) is 0 Å². The van der Waals surface area contributed by atoms with Crippen LogP contribution in [0.2, 0.25) is 10.0 Å². The highest BCUT2D eigenvalue weighted by atomic mass is 35.5. The van der Waals surface area contributed by atoms with E-state index in [1.54, 1.807) is 24.3 Å². The summed E-state index contributed by atoms with van der Waals surface area (Å²) in [5.74, 6) is 0.293. The summed E-state index contributed by atoms with van der Waals surface area (Å²) in [4.78, 5) is 16.6. The lowest BCUT2D eigenvalue weighted by atomic mass is 10.1. The number of para-hydroxylation sites is 1. The van der Waals surface area contributed by atoms with Crippen molar-refractivity contribution >= 4 is 41.1 Å². The minimum absolute atomic E-state index is 0.182. The molecular weight excluding hydrogens is 409 g/mol. The predicted octanol–water partition coefficient (Wildman–Crippen LogP) is 5.92. The van der Waals surface area contributed by atoms with Crippen molar-refractivity contribution in [2.75, 3.05) is 0 Å². The molecule has 0 radical (unpaired) electrons. The minimum atomic E-state index is -0.538. The molecule has 0 aliphatic carbocycles. The molecule has 0 fully saturated rings. The number of nitrogens with zero attached hydrogens (tertiary/aromatic N) is 1. The second-order valence-electron chi connectivity index (χ2n) is 6.28. The Balaban J connectivity index is 1.59. The van der Waals surface area contributed by atoms with Crippen LogP contribution in [0.1, 0.15) is 16.7 Å². The highest BCUT2D eigenvalue weighted by Crippen LogP contribution is 2.27. The number of halogens is 2. The van der Waals surface area contributed by atoms with E-state index in [9.17, 15) is 4.79 Å². The highest BCUT2D eigenvalue weighted by molar-refractivity contribution is 6.42. The third-order valence-corrected chi connectivity index (χ3v) is 4.97. The van der Waals surface area contributed by atoms with Gasteiger partial charge in [0.2, 0.25) is 5.90 Å². The lowest BCUT2D eigenvalue weighted by Gasteiger charge is -2.09. The molecule has 6 heteroatoms. The van der Waals surface area contributed by atoms with Crippen molar-refractivity contribution in [2.24, 2.45) is 4.99 Å². The van der Waals surface area contributed by atoms with Gasteiger partial charge in [-0.05, 0) is 35.9 Å². The molecule has 3 aromatic carbocycles. The summed E-state index contributed by atoms with van der Waals surface area (Å²) in [7, 11) is 0. The van der Waals surface area contributed by atoms with E-state index in [1.165, 1.54) is 0 Å². The number of hydrogen-bond acceptors (Lipinski definition) is 4. The van der Waals surface area contributed by atoms with E-state index in [4.69, 9.17) is 32.7 Å². The number of ether oxygens (including phenoxy) is 2. The molecule has 1 aliphatic heterocycles. The Morgan fingerprint density at radius 3 is 2.48 bits per heavy atom. The molecule has 0 spiro atoms. The zero-order valence-electron chi connectivity index (χ0n) is 15.1. The van der Waals surface area contributed by atoms with Crippen molar-refractivity contribution in [3.8, 4) is 5.75 Å². The maximum absolute atomic E-state index is 12.3. The van der Waals surface area contributed by atoms with Gasteiger partial charge >= 0.3 is 5.97 Å². The first-order valence-corrected chi connectivity index (χ1v) is 9.59. The van der Waals surface area contributed by atoms with Gasteiger partial charge in [0.05, 0.1) is 10.0 Å². The van der Waals surface area contributed by atoms with Gasteiger partial charge in [-0.15, -0.1) is 0 Å². The van der Waals surface area contributed by atoms with E-state index >= 15 is 0 Å². The Bertz CT molecular complexity index is 1120. The summed E-state index contributed by atoms with van der Waals surface area (Å²) in [6.45, 7) is 0.420. The zero-order chi connectivity index (χ0) is 20.2. The average molecular weight is 424 g/mol. The summed E-state index contributed by atoms with van der Waals surface area (Å²) in [6.07, 6.45) is 1.65. The summed E-state index contributed by atoms with van der Waals surface area (Å²) >= 11 is 12.0. The molecule has 4 nitrogen and oxygen atoms in total. The van der Waals surface area contributed by atoms with Crippen LogP contribution in [0.25, 0.3) is 6.08 Å². The molecule has 4 rings (SSSR count). The van der Waals surface area contributed by atoms with Crippen LogP contribution in [0.15, 0.2) is 83.5 Å². The molecule has 1 heterocycles. The van der Waals surface area contributed by atoms with Crippen molar-refractivity contribution < 1.29 is 14.3 Å². The molecule has 0 saturated carbocycles. The number of aliphatic imine (C=N–C) groups is 1. The van der Waals surface area contributed by atoms with Crippen LogP contribution in [0.3, 0.4) is 0 Å². The van der Waals surface area contributed by atoms with Crippen molar-refractivity contribution in [1.82, 2.24) is 0 Å². The fraction of sp³-hybridized carbons (Fsp3) is 0.0435. The Kier molecular flexibility index (Phi) is 5.65. The molecule has 1 aliphatic rings. The van der Waals surface area contributed by atoms with Gasteiger partial charge in [0.1, 0.15) is 12.4 Å². The quantitative estimate of drug-likeness (QED) is 0.378. The zero-order valence-corrected chi connectivity index (χ0v) is 16.7. The molecule has 0 aromatic heterocycles. The van der Waals surface area contributed by atoms with Gasteiger partial charge in [0, 0.05) is 11.1 Å². The van der Waals surface area contributed by atoms with Crippen molar-refractivity contribution in [1.29, 1.82) is 0 Å². The van der Waals surface area contributed by atoms with E-state index in [0.29, 0.717) is 28.0 Å². The molecule has 3 aromatic rings. The smallest absolute Gasteiger partial charge is 0.363 e. The molecular formula is C23H15Cl2NO3. The largest absolute Gasteiger partial charge is 0.488 e. The normalized spacial score (nSPS) is 14.6. The lowest BCUT2D eigenvalue weighted by Crippen LogP contribution is -2.05. The first kappa shape index (κ1) is 19.2. The lowest BCUT2D eigenvalue weighted by molar-refractivity contribution is -0.129. The molecule has 0 atom stereocenters. The second-order valence-corrected chi connectivity index (χ2v) is 7.09. The van der Waals surface area contributed by atoms with E-state index in [0.717, 1.165) is 11.1 Å². The predicted molar refractivity (Wildman–Crippen MR) is 114 cm³/mol. The monoisotopic (exact) mass is 423 g/mol. The van der Waals surface area contributed by atoms with Crippen LogP contribution in [0, 0.1) is 0 Å². The maximum atomic E-state index is 12.3. The molecule has 0 amide bonds. The van der Waals surface area contributed by atoms with Crippen molar-refractivity contribution in [3.63, 3.8) is 0 Å². The van der Waals surface area contributed by atoms with Gasteiger partial charge in [0.15, 0.2) is 5.70 Å². The van der Waals surface area contributed by atoms with Crippen LogP contribution in [0.5, 0.6) is 5.75 Å². The first-order valence-electron chi connectivity index (χ1n) is 8.84. The number of benzene rings is 3. The summed E-state index contributed by atoms with van der Waals surface area (Å²) in [5.41, 5.74) is 2.54. The van der Waals surface area contributed by atoms with Crippen molar-refractivity contribution in [3.05, 3.63) is 105 Å². The molecule has 144 valence electrons. The summed E-state index contributed by atoms with van der Waals surface area (Å²) in [6, 6.07) is 22.2. The third-order valence-electron chi connectivity index (χ3n) is 4.24. The average Bonchev–Trinajstić information content (AvgIpc) is 3.10. The second kappa shape index (κ2) is 8.52. The SMILES string of the molecule is O=C1OC(c2ccc(Cl)c(Cl)c2)=N/C1=C\c1ccccc1OCc1ccccc1. The minimum Gasteiger partial charge on any atom is -0.488 e. The highest BCUT2D eigenvalue weighted by Gasteiger charge is 2.25. The number of carbonyl (C=O) groups excluding carboxylic acids is 1. The molecule has 29 heavy (non-hydrogen) atoms. The molecule has 0 saturated heterocycles. The van der Waals surface area contributed by atoms with Crippen LogP contribution in [0.4, 0.5) is 0 Å². The summed E-state index contributed by atoms with van der Waals surface area (Å²) in [5, 5.41) is 0.778. The van der Waals surface area contributed by atoms with Crippen LogP contribution >= 0.6 is 23.2 Å². The number of esters is 1. The van der Waals surface area contributed by atoms with E-state index in [-0.39, 0.29) is 11.6 Å². The standard InChI is InChI=1S/C23H15Cl2NO3/c24-18-11-10-17(12-19(18)25)22-26-20(23(27)29-22)13-16-8-4-5-9-21(16)28-14-15-6-2-1-3-7-15/h1-13H,14H2/b20-13-. The van der Waals surface area contributed by atoms with Gasteiger partial charge < -0.3 is 9.47 Å². The van der Waals surface area contributed by atoms with Crippen molar-refractivity contribution in [2.45, 2.75) is 6.61 Å². The number of carbonyl (C=O) groups is 1. The fourth-order valence-electron chi connectivity index (χ4n) is 2.78. The van der Waals surface area contributed by atoms with Crippen LogP contribution in [-0.4, -0.2) is 11.9 Å². The number of rotatable bonds is 5. The van der Waals surface area contributed by atoms with Gasteiger partial charge in [-0.1, -0.05) is 71.7 Å². The molecule has 0 bridgehead atoms. The van der Waals surface area contributed by atoms with Gasteiger partial charge in [0.25, 0.3) is 0 Å². The van der Waals surface area contributed by atoms with Gasteiger partial charge in [-0.2, -0.15) is 0 Å². The molecule has 0 unspecified atom stereocenters. The Hall–Kier alpha value is -3.08. The first-order chi connectivity index (χ1) is 14.1.